The summed E-state index contributed by atoms with van der Waals surface area (Å²) >= 11 is 0. The van der Waals surface area contributed by atoms with Gasteiger partial charge >= 0.3 is 0 Å². The molecule has 0 amide bonds. The molecular formula is C27H42O2. The predicted octanol–water partition coefficient (Wildman–Crippen LogP) is 6.04. The minimum atomic E-state index is -0.0855. The Labute approximate surface area is 177 Å². The molecule has 0 aliphatic heterocycles. The van der Waals surface area contributed by atoms with E-state index in [1.807, 2.05) is 0 Å². The Morgan fingerprint density at radius 3 is 2.34 bits per heavy atom. The maximum atomic E-state index is 10.5. The van der Waals surface area contributed by atoms with Gasteiger partial charge in [0.15, 0.2) is 0 Å². The van der Waals surface area contributed by atoms with Crippen LogP contribution in [0, 0.1) is 39.4 Å². The minimum Gasteiger partial charge on any atom is -0.396 e. The van der Waals surface area contributed by atoms with Crippen LogP contribution in [0.2, 0.25) is 0 Å². The van der Waals surface area contributed by atoms with Crippen LogP contribution in [0.25, 0.3) is 0 Å². The summed E-state index contributed by atoms with van der Waals surface area (Å²) in [5.41, 5.74) is 4.49. The van der Waals surface area contributed by atoms with Crippen LogP contribution < -0.4 is 0 Å². The van der Waals surface area contributed by atoms with Crippen LogP contribution >= 0.6 is 0 Å². The van der Waals surface area contributed by atoms with Gasteiger partial charge in [0.25, 0.3) is 0 Å². The highest BCUT2D eigenvalue weighted by Crippen LogP contribution is 2.68. The van der Waals surface area contributed by atoms with Crippen molar-refractivity contribution in [1.82, 2.24) is 0 Å². The first kappa shape index (κ1) is 20.3. The zero-order chi connectivity index (χ0) is 20.7. The fourth-order valence-electron chi connectivity index (χ4n) is 8.59. The van der Waals surface area contributed by atoms with Crippen LogP contribution in [-0.2, 0) is 0 Å². The highest BCUT2D eigenvalue weighted by molar-refractivity contribution is 5.42. The Bertz CT molecular complexity index is 748. The molecular weight excluding hydrogens is 356 g/mol. The number of aliphatic hydroxyl groups excluding tert-OH is 2. The molecule has 2 nitrogen and oxygen atoms in total. The Hall–Kier alpha value is -0.600. The molecule has 7 unspecified atom stereocenters. The average molecular weight is 399 g/mol. The highest BCUT2D eigenvalue weighted by atomic mass is 16.3. The lowest BCUT2D eigenvalue weighted by Gasteiger charge is -2.62. The lowest BCUT2D eigenvalue weighted by atomic mass is 9.42. The Balaban J connectivity index is 1.54. The van der Waals surface area contributed by atoms with Crippen molar-refractivity contribution >= 4 is 0 Å². The number of hydrogen-bond donors (Lipinski definition) is 2. The molecule has 0 radical (unpaired) electrons. The van der Waals surface area contributed by atoms with Gasteiger partial charge in [-0.15, -0.1) is 0 Å². The van der Waals surface area contributed by atoms with Gasteiger partial charge in [-0.2, -0.15) is 0 Å². The Morgan fingerprint density at radius 1 is 0.897 bits per heavy atom. The number of fused-ring (bicyclic) bond motifs is 7. The maximum Gasteiger partial charge on any atom is 0.0543 e. The fourth-order valence-corrected chi connectivity index (χ4v) is 8.59. The van der Waals surface area contributed by atoms with Gasteiger partial charge in [-0.05, 0) is 92.8 Å². The second-order valence-corrected chi connectivity index (χ2v) is 12.7. The van der Waals surface area contributed by atoms with E-state index in [0.29, 0.717) is 35.2 Å². The zero-order valence-electron chi connectivity index (χ0n) is 19.1. The van der Waals surface area contributed by atoms with Gasteiger partial charge in [-0.3, -0.25) is 0 Å². The van der Waals surface area contributed by atoms with Crippen molar-refractivity contribution < 1.29 is 10.2 Å². The van der Waals surface area contributed by atoms with E-state index < -0.39 is 0 Å². The molecule has 0 bridgehead atoms. The summed E-state index contributed by atoms with van der Waals surface area (Å²) in [6, 6.07) is 0. The summed E-state index contributed by atoms with van der Waals surface area (Å²) in [4.78, 5) is 0. The highest BCUT2D eigenvalue weighted by Gasteiger charge is 2.59. The topological polar surface area (TPSA) is 40.5 Å². The van der Waals surface area contributed by atoms with Gasteiger partial charge in [0.2, 0.25) is 0 Å². The number of hydrogen-bond acceptors (Lipinski definition) is 2. The van der Waals surface area contributed by atoms with Gasteiger partial charge in [-0.25, -0.2) is 0 Å². The standard InChI is InChI=1S/C27H42O2/c1-24(2)11-13-27(17-28)14-12-26(4)21-6-5-18-15-19(29)9-10-25(18,3)20(21)7-8-22(26)23(27)16-24/h6,8,18-20,23,28-29H,5,7,9-17H2,1-4H3. The molecule has 0 saturated heterocycles. The largest absolute Gasteiger partial charge is 0.396 e. The summed E-state index contributed by atoms with van der Waals surface area (Å²) < 4.78 is 0. The van der Waals surface area contributed by atoms with Crippen molar-refractivity contribution in [3.63, 3.8) is 0 Å². The summed E-state index contributed by atoms with van der Waals surface area (Å²) in [6.07, 6.45) is 16.7. The van der Waals surface area contributed by atoms with Gasteiger partial charge in [0.1, 0.15) is 0 Å². The van der Waals surface area contributed by atoms with Crippen molar-refractivity contribution in [2.24, 2.45) is 39.4 Å². The van der Waals surface area contributed by atoms with Crippen molar-refractivity contribution in [3.05, 3.63) is 23.3 Å². The smallest absolute Gasteiger partial charge is 0.0543 e. The van der Waals surface area contributed by atoms with Crippen molar-refractivity contribution in [2.75, 3.05) is 6.61 Å². The molecule has 7 atom stereocenters. The number of allylic oxidation sites excluding steroid dienone is 4. The second-order valence-electron chi connectivity index (χ2n) is 12.7. The van der Waals surface area contributed by atoms with E-state index in [-0.39, 0.29) is 16.9 Å². The SMILES string of the molecule is CC1(C)CCC2(CO)CCC3(C)C(=CCC4C3=CCC3CC(O)CCC34C)C2C1. The lowest BCUT2D eigenvalue weighted by Crippen LogP contribution is -2.54. The average Bonchev–Trinajstić information content (AvgIpc) is 2.68. The summed E-state index contributed by atoms with van der Waals surface area (Å²) in [7, 11) is 0. The number of aliphatic hydroxyl groups is 2. The number of rotatable bonds is 1. The zero-order valence-corrected chi connectivity index (χ0v) is 19.1. The minimum absolute atomic E-state index is 0.0855. The third-order valence-corrected chi connectivity index (χ3v) is 10.8. The second kappa shape index (κ2) is 6.45. The van der Waals surface area contributed by atoms with Crippen molar-refractivity contribution in [1.29, 1.82) is 0 Å². The van der Waals surface area contributed by atoms with Crippen molar-refractivity contribution in [3.8, 4) is 0 Å². The first-order chi connectivity index (χ1) is 13.6. The molecule has 0 heterocycles. The third-order valence-electron chi connectivity index (χ3n) is 10.8. The molecule has 5 aliphatic rings. The molecule has 2 heteroatoms. The van der Waals surface area contributed by atoms with E-state index in [1.165, 1.54) is 44.9 Å². The van der Waals surface area contributed by atoms with Crippen LogP contribution in [0.4, 0.5) is 0 Å². The van der Waals surface area contributed by atoms with Gasteiger partial charge in [0, 0.05) is 17.4 Å². The molecule has 3 saturated carbocycles. The molecule has 0 spiro atoms. The van der Waals surface area contributed by atoms with E-state index in [2.05, 4.69) is 39.8 Å². The normalized spacial score (nSPS) is 51.0. The lowest BCUT2D eigenvalue weighted by molar-refractivity contribution is -0.0545. The summed E-state index contributed by atoms with van der Waals surface area (Å²) in [5.74, 6) is 1.85. The molecule has 3 fully saturated rings. The van der Waals surface area contributed by atoms with Crippen LogP contribution in [-0.4, -0.2) is 22.9 Å². The fraction of sp³-hybridized carbons (Fsp3) is 0.852. The summed E-state index contributed by atoms with van der Waals surface area (Å²) in [6.45, 7) is 10.3. The first-order valence-corrected chi connectivity index (χ1v) is 12.3. The van der Waals surface area contributed by atoms with Crippen LogP contribution in [0.3, 0.4) is 0 Å². The van der Waals surface area contributed by atoms with E-state index in [9.17, 15) is 10.2 Å². The maximum absolute atomic E-state index is 10.5. The molecule has 0 aromatic heterocycles. The Morgan fingerprint density at radius 2 is 1.59 bits per heavy atom. The van der Waals surface area contributed by atoms with E-state index >= 15 is 0 Å². The van der Waals surface area contributed by atoms with Gasteiger partial charge < -0.3 is 10.2 Å². The third kappa shape index (κ3) is 2.80. The molecule has 2 N–H and O–H groups in total. The molecule has 5 aliphatic carbocycles. The molecule has 162 valence electrons. The Kier molecular flexibility index (Phi) is 4.52. The van der Waals surface area contributed by atoms with E-state index in [4.69, 9.17) is 0 Å². The van der Waals surface area contributed by atoms with Gasteiger partial charge in [-0.1, -0.05) is 51.0 Å². The summed E-state index contributed by atoms with van der Waals surface area (Å²) in [5, 5.41) is 20.8. The quantitative estimate of drug-likeness (QED) is 0.529. The van der Waals surface area contributed by atoms with Crippen LogP contribution in [0.1, 0.15) is 91.9 Å². The first-order valence-electron chi connectivity index (χ1n) is 12.3. The van der Waals surface area contributed by atoms with Crippen molar-refractivity contribution in [2.45, 2.75) is 98.0 Å². The van der Waals surface area contributed by atoms with Crippen LogP contribution in [0.5, 0.6) is 0 Å². The van der Waals surface area contributed by atoms with Gasteiger partial charge in [0.05, 0.1) is 6.10 Å². The molecule has 5 rings (SSSR count). The van der Waals surface area contributed by atoms with Crippen LogP contribution in [0.15, 0.2) is 23.3 Å². The predicted molar refractivity (Wildman–Crippen MR) is 118 cm³/mol. The molecule has 29 heavy (non-hydrogen) atoms. The van der Waals surface area contributed by atoms with E-state index in [0.717, 1.165) is 19.3 Å². The molecule has 0 aromatic carbocycles. The monoisotopic (exact) mass is 398 g/mol. The molecule has 0 aromatic rings. The van der Waals surface area contributed by atoms with E-state index in [1.54, 1.807) is 11.1 Å².